The molecule has 0 radical (unpaired) electrons. The molecule has 0 spiro atoms. The monoisotopic (exact) mass is 748 g/mol. The van der Waals surface area contributed by atoms with Gasteiger partial charge in [-0.3, -0.25) is 14.5 Å². The normalized spacial score (nSPS) is 36.1. The lowest BCUT2D eigenvalue weighted by Gasteiger charge is -2.72. The van der Waals surface area contributed by atoms with E-state index in [0.29, 0.717) is 48.9 Å². The van der Waals surface area contributed by atoms with Gasteiger partial charge in [-0.15, -0.1) is 0 Å². The Morgan fingerprint density at radius 3 is 2.20 bits per heavy atom. The lowest BCUT2D eigenvalue weighted by molar-refractivity contribution is -0.225. The quantitative estimate of drug-likeness (QED) is 0.198. The van der Waals surface area contributed by atoms with Gasteiger partial charge in [-0.25, -0.2) is 4.79 Å². The third kappa shape index (κ3) is 6.41. The van der Waals surface area contributed by atoms with E-state index in [9.17, 15) is 24.6 Å². The Kier molecular flexibility index (Phi) is 10.3. The summed E-state index contributed by atoms with van der Waals surface area (Å²) in [5.74, 6) is 0.535. The maximum absolute atomic E-state index is 14.7. The summed E-state index contributed by atoms with van der Waals surface area (Å²) < 4.78 is 0. The number of carboxylic acids is 2. The van der Waals surface area contributed by atoms with Crippen LogP contribution in [0.5, 0.6) is 0 Å². The molecule has 5 aliphatic rings. The van der Waals surface area contributed by atoms with E-state index in [1.165, 1.54) is 30.4 Å². The Labute approximate surface area is 329 Å². The predicted molar refractivity (Wildman–Crippen MR) is 218 cm³/mol. The summed E-state index contributed by atoms with van der Waals surface area (Å²) in [6.45, 7) is 20.8. The average molecular weight is 749 g/mol. The molecule has 0 aromatic heterocycles. The summed E-state index contributed by atoms with van der Waals surface area (Å²) in [7, 11) is 0. The van der Waals surface area contributed by atoms with Crippen molar-refractivity contribution in [3.8, 4) is 0 Å². The number of allylic oxidation sites excluding steroid dienone is 3. The van der Waals surface area contributed by atoms with Crippen LogP contribution in [0, 0.1) is 56.7 Å². The fourth-order valence-corrected chi connectivity index (χ4v) is 14.2. The Morgan fingerprint density at radius 2 is 1.55 bits per heavy atom. The van der Waals surface area contributed by atoms with Crippen LogP contribution >= 0.6 is 0 Å². The van der Waals surface area contributed by atoms with E-state index in [1.807, 2.05) is 47.4 Å². The highest BCUT2D eigenvalue weighted by Gasteiger charge is 2.71. The molecule has 9 atom stereocenters. The number of aliphatic carboxylic acids is 1. The van der Waals surface area contributed by atoms with E-state index in [-0.39, 0.29) is 40.0 Å². The topological polar surface area (TPSA) is 107 Å². The largest absolute Gasteiger partial charge is 0.480 e. The Balaban J connectivity index is 1.13. The first-order valence-corrected chi connectivity index (χ1v) is 20.9. The number of carboxylic acid groups (broad SMARTS) is 2. The van der Waals surface area contributed by atoms with Gasteiger partial charge in [0.05, 0.1) is 17.5 Å². The standard InChI is InChI=1S/C48H64N2O5/c1-31(2)35-19-24-48(43(55)49-27-28-50(30-40(51)52)29-32-11-9-8-10-12-32)26-25-46(6)37(41(35)48)17-18-39-45(5)22-20-36(33-13-15-34(16-14-33)42(53)54)44(3,4)38(45)21-23-47(39,46)7/h8-16,20,35,37-39,41H,1,17-19,21-30H2,2-7H3,(H,49,55)(H,51,52)(H,53,54)/t35-,37?,38-,39+,41+,45-,46+,47+,48?/m0/s1. The number of hydrogen-bond acceptors (Lipinski definition) is 4. The molecule has 1 amide bonds. The van der Waals surface area contributed by atoms with Gasteiger partial charge in [0.2, 0.25) is 5.91 Å². The molecule has 2 aromatic carbocycles. The van der Waals surface area contributed by atoms with E-state index >= 15 is 0 Å². The summed E-state index contributed by atoms with van der Waals surface area (Å²) in [5, 5.41) is 22.5. The number of carbonyl (C=O) groups is 3. The molecule has 2 unspecified atom stereocenters. The number of fused-ring (bicyclic) bond motifs is 7. The summed E-state index contributed by atoms with van der Waals surface area (Å²) in [6, 6.07) is 17.4. The molecule has 55 heavy (non-hydrogen) atoms. The van der Waals surface area contributed by atoms with E-state index in [1.54, 1.807) is 12.1 Å². The van der Waals surface area contributed by atoms with Gasteiger partial charge in [-0.1, -0.05) is 95.3 Å². The van der Waals surface area contributed by atoms with Crippen molar-refractivity contribution in [1.29, 1.82) is 0 Å². The van der Waals surface area contributed by atoms with Gasteiger partial charge >= 0.3 is 11.9 Å². The lowest BCUT2D eigenvalue weighted by atomic mass is 9.32. The Hall–Kier alpha value is -3.71. The highest BCUT2D eigenvalue weighted by Crippen LogP contribution is 2.77. The van der Waals surface area contributed by atoms with Crippen LogP contribution in [0.4, 0.5) is 0 Å². The van der Waals surface area contributed by atoms with Gasteiger partial charge in [0, 0.05) is 19.6 Å². The van der Waals surface area contributed by atoms with Crippen molar-refractivity contribution in [3.63, 3.8) is 0 Å². The minimum Gasteiger partial charge on any atom is -0.480 e. The van der Waals surface area contributed by atoms with Gasteiger partial charge in [-0.05, 0) is 145 Å². The van der Waals surface area contributed by atoms with Gasteiger partial charge in [0.15, 0.2) is 0 Å². The number of benzene rings is 2. The van der Waals surface area contributed by atoms with Crippen LogP contribution in [-0.2, 0) is 16.1 Å². The Morgan fingerprint density at radius 1 is 0.836 bits per heavy atom. The molecule has 7 rings (SSSR count). The third-order valence-electron chi connectivity index (χ3n) is 16.9. The highest BCUT2D eigenvalue weighted by atomic mass is 16.4. The fraction of sp³-hybridized carbons (Fsp3) is 0.604. The number of aromatic carboxylic acids is 1. The molecule has 7 heteroatoms. The van der Waals surface area contributed by atoms with Crippen molar-refractivity contribution in [2.24, 2.45) is 56.7 Å². The molecule has 0 aliphatic heterocycles. The predicted octanol–water partition coefficient (Wildman–Crippen LogP) is 9.74. The van der Waals surface area contributed by atoms with E-state index in [4.69, 9.17) is 0 Å². The van der Waals surface area contributed by atoms with Crippen LogP contribution in [-0.4, -0.2) is 52.6 Å². The minimum atomic E-state index is -0.890. The van der Waals surface area contributed by atoms with Crippen molar-refractivity contribution in [3.05, 3.63) is 89.5 Å². The highest BCUT2D eigenvalue weighted by molar-refractivity contribution is 5.88. The Bertz CT molecular complexity index is 1850. The molecule has 5 aliphatic carbocycles. The first kappa shape index (κ1) is 39.5. The van der Waals surface area contributed by atoms with Crippen LogP contribution in [0.2, 0.25) is 0 Å². The van der Waals surface area contributed by atoms with Crippen molar-refractivity contribution in [2.45, 2.75) is 106 Å². The maximum Gasteiger partial charge on any atom is 0.335 e. The zero-order valence-corrected chi connectivity index (χ0v) is 34.1. The van der Waals surface area contributed by atoms with Gasteiger partial charge in [0.1, 0.15) is 0 Å². The smallest absolute Gasteiger partial charge is 0.335 e. The van der Waals surface area contributed by atoms with Crippen LogP contribution in [0.1, 0.15) is 121 Å². The number of nitrogens with zero attached hydrogens (tertiary/aromatic N) is 1. The summed E-state index contributed by atoms with van der Waals surface area (Å²) in [6.07, 6.45) is 12.0. The molecule has 296 valence electrons. The van der Waals surface area contributed by atoms with Crippen molar-refractivity contribution in [1.82, 2.24) is 10.2 Å². The molecule has 0 saturated heterocycles. The summed E-state index contributed by atoms with van der Waals surface area (Å²) >= 11 is 0. The van der Waals surface area contributed by atoms with Crippen molar-refractivity contribution < 1.29 is 24.6 Å². The molecule has 0 bridgehead atoms. The first-order chi connectivity index (χ1) is 26.0. The lowest BCUT2D eigenvalue weighted by Crippen LogP contribution is -2.66. The summed E-state index contributed by atoms with van der Waals surface area (Å²) in [4.78, 5) is 39.9. The first-order valence-electron chi connectivity index (χ1n) is 20.9. The molecule has 4 fully saturated rings. The second kappa shape index (κ2) is 14.3. The maximum atomic E-state index is 14.7. The number of nitrogens with one attached hydrogen (secondary N) is 1. The molecular formula is C48H64N2O5. The molecule has 0 heterocycles. The van der Waals surface area contributed by atoms with E-state index in [0.717, 1.165) is 49.7 Å². The number of hydrogen-bond donors (Lipinski definition) is 3. The van der Waals surface area contributed by atoms with Crippen LogP contribution in [0.25, 0.3) is 5.57 Å². The second-order valence-electron chi connectivity index (χ2n) is 19.6. The fourth-order valence-electron chi connectivity index (χ4n) is 14.2. The van der Waals surface area contributed by atoms with Gasteiger partial charge in [0.25, 0.3) is 0 Å². The average Bonchev–Trinajstić information content (AvgIpc) is 3.53. The minimum absolute atomic E-state index is 0.0473. The zero-order valence-electron chi connectivity index (χ0n) is 34.1. The van der Waals surface area contributed by atoms with Crippen molar-refractivity contribution in [2.75, 3.05) is 19.6 Å². The summed E-state index contributed by atoms with van der Waals surface area (Å²) in [5.41, 5.74) is 5.02. The SMILES string of the molecule is C=C(C)[C@@H]1CCC2(C(=O)NCCN(CC(=O)O)Cc3ccccc3)CC[C@]3(C)C(CC[C@@H]4[C@@]5(C)CC=C(c6ccc(C(=O)O)cc6)C(C)(C)[C@@H]5CC[C@]43C)[C@@H]12. The van der Waals surface area contributed by atoms with E-state index in [2.05, 4.69) is 59.5 Å². The van der Waals surface area contributed by atoms with Crippen molar-refractivity contribution >= 4 is 23.4 Å². The van der Waals surface area contributed by atoms with Gasteiger partial charge < -0.3 is 15.5 Å². The van der Waals surface area contributed by atoms with Crippen LogP contribution < -0.4 is 5.32 Å². The molecular weight excluding hydrogens is 685 g/mol. The third-order valence-corrected chi connectivity index (χ3v) is 16.9. The number of carbonyl (C=O) groups excluding carboxylic acids is 1. The molecule has 7 nitrogen and oxygen atoms in total. The zero-order chi connectivity index (χ0) is 39.6. The molecule has 3 N–H and O–H groups in total. The van der Waals surface area contributed by atoms with Gasteiger partial charge in [-0.2, -0.15) is 0 Å². The van der Waals surface area contributed by atoms with Crippen LogP contribution in [0.15, 0.2) is 72.8 Å². The number of amides is 1. The molecule has 4 saturated carbocycles. The second-order valence-corrected chi connectivity index (χ2v) is 19.6. The van der Waals surface area contributed by atoms with E-state index < -0.39 is 17.4 Å². The number of rotatable bonds is 11. The molecule has 2 aromatic rings. The van der Waals surface area contributed by atoms with Crippen LogP contribution in [0.3, 0.4) is 0 Å².